The largest absolute Gasteiger partial charge is 0.490 e. The highest BCUT2D eigenvalue weighted by Gasteiger charge is 2.28. The average Bonchev–Trinajstić information content (AvgIpc) is 2.74. The highest BCUT2D eigenvalue weighted by molar-refractivity contribution is 6.08. The van der Waals surface area contributed by atoms with Gasteiger partial charge in [-0.05, 0) is 30.9 Å². The fourth-order valence-electron chi connectivity index (χ4n) is 3.40. The maximum Gasteiger partial charge on any atom is 0.311 e. The van der Waals surface area contributed by atoms with Crippen LogP contribution >= 0.6 is 0 Å². The van der Waals surface area contributed by atoms with Gasteiger partial charge in [0.25, 0.3) is 0 Å². The molecule has 0 unspecified atom stereocenters. The van der Waals surface area contributed by atoms with Crippen molar-refractivity contribution >= 4 is 28.4 Å². The van der Waals surface area contributed by atoms with Crippen LogP contribution in [0.4, 0.5) is 5.69 Å². The molecule has 0 atom stereocenters. The lowest BCUT2D eigenvalue weighted by Crippen LogP contribution is -2.12. The zero-order valence-corrected chi connectivity index (χ0v) is 18.6. The molecule has 0 saturated carbocycles. The third-order valence-electron chi connectivity index (χ3n) is 4.76. The van der Waals surface area contributed by atoms with E-state index in [1.54, 1.807) is 7.05 Å². The number of fused-ring (bicyclic) bond motifs is 1. The van der Waals surface area contributed by atoms with E-state index in [1.165, 1.54) is 14.2 Å². The molecular weight excluding hydrogens is 386 g/mol. The van der Waals surface area contributed by atoms with Crippen LogP contribution in [0, 0.1) is 0 Å². The Morgan fingerprint density at radius 2 is 1.37 bits per heavy atom. The summed E-state index contributed by atoms with van der Waals surface area (Å²) in [6.07, 6.45) is 2.61. The lowest BCUT2D eigenvalue weighted by Gasteiger charge is -2.22. The zero-order chi connectivity index (χ0) is 22.3. The van der Waals surface area contributed by atoms with Gasteiger partial charge in [-0.2, -0.15) is 0 Å². The fraction of sp³-hybridized carbons (Fsp3) is 0.478. The van der Waals surface area contributed by atoms with E-state index >= 15 is 0 Å². The summed E-state index contributed by atoms with van der Waals surface area (Å²) in [5.74, 6) is 0.160. The third-order valence-corrected chi connectivity index (χ3v) is 4.76. The highest BCUT2D eigenvalue weighted by Crippen LogP contribution is 2.53. The quantitative estimate of drug-likeness (QED) is 0.436. The first-order chi connectivity index (χ1) is 14.5. The van der Waals surface area contributed by atoms with Gasteiger partial charge in [-0.3, -0.25) is 9.59 Å². The van der Waals surface area contributed by atoms with Crippen molar-refractivity contribution in [1.82, 2.24) is 0 Å². The third kappa shape index (κ3) is 4.61. The van der Waals surface area contributed by atoms with Crippen molar-refractivity contribution in [2.75, 3.05) is 26.6 Å². The molecule has 1 N–H and O–H groups in total. The molecule has 0 spiro atoms. The Hall–Kier alpha value is -2.96. The van der Waals surface area contributed by atoms with E-state index in [9.17, 15) is 9.59 Å². The number of benzene rings is 2. The smallest absolute Gasteiger partial charge is 0.311 e. The molecule has 0 fully saturated rings. The maximum absolute atomic E-state index is 12.4. The Balaban J connectivity index is 2.93. The highest BCUT2D eigenvalue weighted by atomic mass is 16.6. The summed E-state index contributed by atoms with van der Waals surface area (Å²) in [4.78, 5) is 24.7. The first-order valence-electron chi connectivity index (χ1n) is 10.3. The van der Waals surface area contributed by atoms with Gasteiger partial charge < -0.3 is 24.3 Å². The van der Waals surface area contributed by atoms with Crippen molar-refractivity contribution in [3.05, 3.63) is 17.7 Å². The first-order valence-corrected chi connectivity index (χ1v) is 10.3. The molecule has 2 aromatic rings. The van der Waals surface area contributed by atoms with Crippen LogP contribution in [0.3, 0.4) is 0 Å². The SMILES string of the molecule is CCCC(=O)Oc1c(OC)c(OC)c(OC(=O)CCC)c2c(NC)c(CC)ccc12. The minimum Gasteiger partial charge on any atom is -0.490 e. The summed E-state index contributed by atoms with van der Waals surface area (Å²) < 4.78 is 22.6. The van der Waals surface area contributed by atoms with Crippen LogP contribution < -0.4 is 24.3 Å². The van der Waals surface area contributed by atoms with Crippen molar-refractivity contribution in [3.63, 3.8) is 0 Å². The lowest BCUT2D eigenvalue weighted by atomic mass is 9.99. The number of ether oxygens (including phenoxy) is 4. The summed E-state index contributed by atoms with van der Waals surface area (Å²) in [7, 11) is 4.71. The Morgan fingerprint density at radius 1 is 0.833 bits per heavy atom. The van der Waals surface area contributed by atoms with Gasteiger partial charge in [0.2, 0.25) is 11.5 Å². The van der Waals surface area contributed by atoms with Crippen molar-refractivity contribution in [2.24, 2.45) is 0 Å². The van der Waals surface area contributed by atoms with Crippen LogP contribution in [0.1, 0.15) is 52.0 Å². The monoisotopic (exact) mass is 417 g/mol. The van der Waals surface area contributed by atoms with E-state index in [2.05, 4.69) is 5.32 Å². The van der Waals surface area contributed by atoms with Gasteiger partial charge in [0.1, 0.15) is 0 Å². The number of rotatable bonds is 10. The Bertz CT molecular complexity index is 922. The minimum atomic E-state index is -0.376. The Kier molecular flexibility index (Phi) is 8.33. The van der Waals surface area contributed by atoms with Crippen LogP contribution in [-0.2, 0) is 16.0 Å². The van der Waals surface area contributed by atoms with Gasteiger partial charge in [-0.15, -0.1) is 0 Å². The number of hydrogen-bond donors (Lipinski definition) is 1. The molecule has 0 heterocycles. The summed E-state index contributed by atoms with van der Waals surface area (Å²) in [5, 5.41) is 4.41. The average molecular weight is 418 g/mol. The number of carbonyl (C=O) groups is 2. The maximum atomic E-state index is 12.4. The second-order valence-electron chi connectivity index (χ2n) is 6.80. The number of aryl methyl sites for hydroxylation is 1. The lowest BCUT2D eigenvalue weighted by molar-refractivity contribution is -0.135. The van der Waals surface area contributed by atoms with Crippen molar-refractivity contribution < 1.29 is 28.5 Å². The van der Waals surface area contributed by atoms with Gasteiger partial charge in [0.05, 0.1) is 19.6 Å². The van der Waals surface area contributed by atoms with Crippen molar-refractivity contribution in [3.8, 4) is 23.0 Å². The van der Waals surface area contributed by atoms with Crippen LogP contribution in [-0.4, -0.2) is 33.2 Å². The molecule has 0 radical (unpaired) electrons. The van der Waals surface area contributed by atoms with E-state index in [4.69, 9.17) is 18.9 Å². The molecular formula is C23H31NO6. The van der Waals surface area contributed by atoms with Gasteiger partial charge in [0.15, 0.2) is 11.5 Å². The number of carbonyl (C=O) groups excluding carboxylic acids is 2. The molecule has 7 nitrogen and oxygen atoms in total. The zero-order valence-electron chi connectivity index (χ0n) is 18.6. The van der Waals surface area contributed by atoms with Crippen molar-refractivity contribution in [1.29, 1.82) is 0 Å². The normalized spacial score (nSPS) is 10.6. The Morgan fingerprint density at radius 3 is 1.83 bits per heavy atom. The van der Waals surface area contributed by atoms with Gasteiger partial charge in [0, 0.05) is 31.0 Å². The summed E-state index contributed by atoms with van der Waals surface area (Å²) >= 11 is 0. The minimum absolute atomic E-state index is 0.207. The van der Waals surface area contributed by atoms with E-state index in [0.717, 1.165) is 17.7 Å². The molecule has 0 aliphatic heterocycles. The molecule has 164 valence electrons. The molecule has 0 bridgehead atoms. The molecule has 2 rings (SSSR count). The van der Waals surface area contributed by atoms with E-state index in [1.807, 2.05) is 32.9 Å². The van der Waals surface area contributed by atoms with Crippen molar-refractivity contribution in [2.45, 2.75) is 52.9 Å². The molecule has 30 heavy (non-hydrogen) atoms. The van der Waals surface area contributed by atoms with Crippen LogP contribution in [0.15, 0.2) is 12.1 Å². The molecule has 0 aromatic heterocycles. The van der Waals surface area contributed by atoms with E-state index in [0.29, 0.717) is 23.6 Å². The van der Waals surface area contributed by atoms with E-state index < -0.39 is 0 Å². The number of anilines is 1. The van der Waals surface area contributed by atoms with E-state index in [-0.39, 0.29) is 47.8 Å². The number of hydrogen-bond acceptors (Lipinski definition) is 7. The van der Waals surface area contributed by atoms with Crippen LogP contribution in [0.2, 0.25) is 0 Å². The topological polar surface area (TPSA) is 83.1 Å². The Labute approximate surface area is 177 Å². The molecule has 0 saturated heterocycles. The van der Waals surface area contributed by atoms with Gasteiger partial charge in [-0.1, -0.05) is 26.8 Å². The van der Waals surface area contributed by atoms with Crippen LogP contribution in [0.25, 0.3) is 10.8 Å². The summed E-state index contributed by atoms with van der Waals surface area (Å²) in [5.41, 5.74) is 1.80. The summed E-state index contributed by atoms with van der Waals surface area (Å²) in [6, 6.07) is 3.80. The second-order valence-corrected chi connectivity index (χ2v) is 6.80. The van der Waals surface area contributed by atoms with Gasteiger partial charge in [-0.25, -0.2) is 0 Å². The molecule has 7 heteroatoms. The number of nitrogens with one attached hydrogen (secondary N) is 1. The van der Waals surface area contributed by atoms with Crippen LogP contribution in [0.5, 0.6) is 23.0 Å². The molecule has 0 aliphatic rings. The second kappa shape index (κ2) is 10.7. The first kappa shape index (κ1) is 23.3. The fourth-order valence-corrected chi connectivity index (χ4v) is 3.40. The number of methoxy groups -OCH3 is 2. The number of esters is 2. The summed E-state index contributed by atoms with van der Waals surface area (Å²) in [6.45, 7) is 5.84. The molecule has 2 aromatic carbocycles. The predicted molar refractivity (Wildman–Crippen MR) is 117 cm³/mol. The van der Waals surface area contributed by atoms with Gasteiger partial charge >= 0.3 is 11.9 Å². The predicted octanol–water partition coefficient (Wildman–Crippen LogP) is 4.87. The molecule has 0 amide bonds. The molecule has 0 aliphatic carbocycles. The standard InChI is InChI=1S/C23H31NO6/c1-7-10-16(25)29-20-15-13-12-14(9-3)19(24-4)18(15)21(30-17(26)11-8-2)23(28-6)22(20)27-5/h12-13,24H,7-11H2,1-6H3.